The molecule has 0 unspecified atom stereocenters. The number of methoxy groups -OCH3 is 1. The monoisotopic (exact) mass is 309 g/mol. The molecule has 0 amide bonds. The summed E-state index contributed by atoms with van der Waals surface area (Å²) in [5, 5.41) is 11.3. The number of carbonyl (C=O) groups excluding carboxylic acids is 1. The highest BCUT2D eigenvalue weighted by molar-refractivity contribution is 8.00. The number of nitro groups is 1. The van der Waals surface area contributed by atoms with Crippen molar-refractivity contribution < 1.29 is 14.5 Å². The molecule has 1 aliphatic rings. The van der Waals surface area contributed by atoms with Gasteiger partial charge in [-0.2, -0.15) is 0 Å². The van der Waals surface area contributed by atoms with Gasteiger partial charge in [0.1, 0.15) is 0 Å². The number of thioether (sulfide) groups is 1. The predicted octanol–water partition coefficient (Wildman–Crippen LogP) is 4.11. The average Bonchev–Trinajstić information content (AvgIpc) is 2.84. The molecule has 5 nitrogen and oxygen atoms in total. The highest BCUT2D eigenvalue weighted by Gasteiger charge is 2.33. The zero-order chi connectivity index (χ0) is 15.6. The van der Waals surface area contributed by atoms with Gasteiger partial charge in [-0.05, 0) is 31.4 Å². The van der Waals surface area contributed by atoms with Crippen LogP contribution in [-0.4, -0.2) is 22.7 Å². The quantitative estimate of drug-likeness (QED) is 0.475. The Kier molecular flexibility index (Phi) is 4.56. The number of ether oxygens (including phenoxy) is 1. The van der Waals surface area contributed by atoms with Crippen LogP contribution in [0.15, 0.2) is 17.0 Å². The van der Waals surface area contributed by atoms with E-state index in [1.807, 2.05) is 0 Å². The molecule has 0 aromatic heterocycles. The molecule has 1 aliphatic carbocycles. The summed E-state index contributed by atoms with van der Waals surface area (Å²) in [7, 11) is 1.27. The Balaban J connectivity index is 2.43. The Morgan fingerprint density at radius 2 is 2.00 bits per heavy atom. The number of nitrogens with zero attached hydrogens (tertiary/aromatic N) is 1. The summed E-state index contributed by atoms with van der Waals surface area (Å²) in [4.78, 5) is 23.2. The van der Waals surface area contributed by atoms with Crippen molar-refractivity contribution in [3.63, 3.8) is 0 Å². The number of nitro benzene ring substituents is 1. The van der Waals surface area contributed by atoms with Crippen molar-refractivity contribution in [1.82, 2.24) is 0 Å². The van der Waals surface area contributed by atoms with Crippen LogP contribution in [0.4, 0.5) is 5.69 Å². The molecule has 0 radical (unpaired) electrons. The van der Waals surface area contributed by atoms with Crippen LogP contribution in [0.3, 0.4) is 0 Å². The molecule has 0 heterocycles. The smallest absolute Gasteiger partial charge is 0.338 e. The van der Waals surface area contributed by atoms with Crippen molar-refractivity contribution in [2.75, 3.05) is 7.11 Å². The van der Waals surface area contributed by atoms with Crippen molar-refractivity contribution >= 4 is 23.4 Å². The Hall–Kier alpha value is -1.56. The van der Waals surface area contributed by atoms with Crippen molar-refractivity contribution in [1.29, 1.82) is 0 Å². The van der Waals surface area contributed by atoms with E-state index in [0.717, 1.165) is 25.7 Å². The zero-order valence-electron chi connectivity index (χ0n) is 12.5. The molecule has 1 saturated carbocycles. The van der Waals surface area contributed by atoms with Gasteiger partial charge in [-0.25, -0.2) is 4.79 Å². The standard InChI is InChI=1S/C15H19NO4S/c1-10-8-13(21-15(2)6-4-5-7-15)12(16(18)19)9-11(10)14(17)20-3/h8-9H,4-7H2,1-3H3. The Morgan fingerprint density at radius 1 is 1.38 bits per heavy atom. The lowest BCUT2D eigenvalue weighted by atomic mass is 10.1. The van der Waals surface area contributed by atoms with Crippen LogP contribution in [0, 0.1) is 17.0 Å². The first-order valence-corrected chi connectivity index (χ1v) is 7.74. The second kappa shape index (κ2) is 6.05. The fraction of sp³-hybridized carbons (Fsp3) is 0.533. The third kappa shape index (κ3) is 3.37. The minimum absolute atomic E-state index is 0.0147. The summed E-state index contributed by atoms with van der Waals surface area (Å²) in [5.41, 5.74) is 0.945. The van der Waals surface area contributed by atoms with E-state index in [2.05, 4.69) is 11.7 Å². The van der Waals surface area contributed by atoms with Crippen LogP contribution in [0.1, 0.15) is 48.5 Å². The summed E-state index contributed by atoms with van der Waals surface area (Å²) >= 11 is 1.56. The average molecular weight is 309 g/mol. The molecule has 6 heteroatoms. The summed E-state index contributed by atoms with van der Waals surface area (Å²) < 4.78 is 4.72. The minimum atomic E-state index is -0.542. The van der Waals surface area contributed by atoms with Crippen LogP contribution in [0.5, 0.6) is 0 Å². The first-order chi connectivity index (χ1) is 9.86. The Labute approximate surface area is 128 Å². The molecular formula is C15H19NO4S. The molecule has 1 fully saturated rings. The number of rotatable bonds is 4. The van der Waals surface area contributed by atoms with E-state index in [4.69, 9.17) is 0 Å². The van der Waals surface area contributed by atoms with Gasteiger partial charge in [-0.1, -0.05) is 19.8 Å². The molecule has 0 aliphatic heterocycles. The number of carbonyl (C=O) groups is 1. The minimum Gasteiger partial charge on any atom is -0.465 e. The fourth-order valence-corrected chi connectivity index (χ4v) is 4.21. The van der Waals surface area contributed by atoms with Gasteiger partial charge in [0.2, 0.25) is 0 Å². The lowest BCUT2D eigenvalue weighted by molar-refractivity contribution is -0.387. The van der Waals surface area contributed by atoms with Crippen molar-refractivity contribution in [2.24, 2.45) is 0 Å². The number of benzene rings is 1. The molecule has 0 saturated heterocycles. The second-order valence-corrected chi connectivity index (χ2v) is 7.27. The molecule has 21 heavy (non-hydrogen) atoms. The summed E-state index contributed by atoms with van der Waals surface area (Å²) in [6.45, 7) is 3.93. The largest absolute Gasteiger partial charge is 0.465 e. The van der Waals surface area contributed by atoms with Gasteiger partial charge in [0.25, 0.3) is 5.69 Å². The first-order valence-electron chi connectivity index (χ1n) is 6.93. The second-order valence-electron chi connectivity index (χ2n) is 5.64. The Bertz CT molecular complexity index is 579. The predicted molar refractivity (Wildman–Crippen MR) is 81.9 cm³/mol. The van der Waals surface area contributed by atoms with Gasteiger partial charge < -0.3 is 4.74 Å². The van der Waals surface area contributed by atoms with E-state index in [0.29, 0.717) is 10.5 Å². The SMILES string of the molecule is COC(=O)c1cc([N+](=O)[O-])c(SC2(C)CCCC2)cc1C. The zero-order valence-corrected chi connectivity index (χ0v) is 13.3. The lowest BCUT2D eigenvalue weighted by Crippen LogP contribution is -2.14. The van der Waals surface area contributed by atoms with Gasteiger partial charge >= 0.3 is 5.97 Å². The molecule has 0 spiro atoms. The van der Waals surface area contributed by atoms with Crippen molar-refractivity contribution in [2.45, 2.75) is 49.2 Å². The molecule has 0 N–H and O–H groups in total. The molecule has 0 bridgehead atoms. The van der Waals surface area contributed by atoms with Crippen LogP contribution in [0.2, 0.25) is 0 Å². The first kappa shape index (κ1) is 15.8. The number of hydrogen-bond acceptors (Lipinski definition) is 5. The summed E-state index contributed by atoms with van der Waals surface area (Å²) in [6.07, 6.45) is 4.45. The summed E-state index contributed by atoms with van der Waals surface area (Å²) in [5.74, 6) is -0.542. The highest BCUT2D eigenvalue weighted by Crippen LogP contribution is 2.47. The fourth-order valence-electron chi connectivity index (χ4n) is 2.71. The Morgan fingerprint density at radius 3 is 2.52 bits per heavy atom. The van der Waals surface area contributed by atoms with Crippen LogP contribution in [-0.2, 0) is 4.74 Å². The van der Waals surface area contributed by atoms with Crippen LogP contribution >= 0.6 is 11.8 Å². The molecule has 114 valence electrons. The summed E-state index contributed by atoms with van der Waals surface area (Å²) in [6, 6.07) is 3.07. The van der Waals surface area contributed by atoms with Gasteiger partial charge in [-0.3, -0.25) is 10.1 Å². The van der Waals surface area contributed by atoms with Crippen LogP contribution < -0.4 is 0 Å². The van der Waals surface area contributed by atoms with E-state index in [-0.39, 0.29) is 16.0 Å². The third-order valence-electron chi connectivity index (χ3n) is 3.93. The molecule has 2 rings (SSSR count). The van der Waals surface area contributed by atoms with E-state index in [1.165, 1.54) is 13.2 Å². The van der Waals surface area contributed by atoms with Crippen molar-refractivity contribution in [3.05, 3.63) is 33.4 Å². The van der Waals surface area contributed by atoms with Gasteiger partial charge in [0.05, 0.1) is 22.5 Å². The normalized spacial score (nSPS) is 16.7. The molecule has 0 atom stereocenters. The molecule has 1 aromatic carbocycles. The van der Waals surface area contributed by atoms with E-state index in [9.17, 15) is 14.9 Å². The topological polar surface area (TPSA) is 69.4 Å². The lowest BCUT2D eigenvalue weighted by Gasteiger charge is -2.23. The maximum atomic E-state index is 11.7. The van der Waals surface area contributed by atoms with Gasteiger partial charge in [0.15, 0.2) is 0 Å². The number of esters is 1. The number of aryl methyl sites for hydroxylation is 1. The molecular weight excluding hydrogens is 290 g/mol. The molecule has 1 aromatic rings. The van der Waals surface area contributed by atoms with Gasteiger partial charge in [0, 0.05) is 10.8 Å². The number of hydrogen-bond donors (Lipinski definition) is 0. The third-order valence-corrected chi connectivity index (χ3v) is 5.37. The van der Waals surface area contributed by atoms with E-state index >= 15 is 0 Å². The maximum Gasteiger partial charge on any atom is 0.338 e. The van der Waals surface area contributed by atoms with E-state index < -0.39 is 10.9 Å². The van der Waals surface area contributed by atoms with Crippen molar-refractivity contribution in [3.8, 4) is 0 Å². The van der Waals surface area contributed by atoms with E-state index in [1.54, 1.807) is 24.8 Å². The van der Waals surface area contributed by atoms with Crippen LogP contribution in [0.25, 0.3) is 0 Å². The highest BCUT2D eigenvalue weighted by atomic mass is 32.2. The van der Waals surface area contributed by atoms with Gasteiger partial charge in [-0.15, -0.1) is 11.8 Å². The maximum absolute atomic E-state index is 11.7.